The van der Waals surface area contributed by atoms with Crippen molar-refractivity contribution < 1.29 is 14.3 Å². The van der Waals surface area contributed by atoms with Crippen LogP contribution in [0, 0.1) is 5.92 Å². The molecule has 1 heterocycles. The van der Waals surface area contributed by atoms with E-state index in [1.165, 1.54) is 7.11 Å². The molecule has 1 saturated heterocycles. The van der Waals surface area contributed by atoms with Gasteiger partial charge >= 0.3 is 5.97 Å². The van der Waals surface area contributed by atoms with Crippen molar-refractivity contribution in [3.8, 4) is 5.75 Å². The maximum Gasteiger partial charge on any atom is 0.310 e. The Morgan fingerprint density at radius 1 is 1.40 bits per heavy atom. The Morgan fingerprint density at radius 2 is 2.25 bits per heavy atom. The predicted molar refractivity (Wildman–Crippen MR) is 78.0 cm³/mol. The van der Waals surface area contributed by atoms with Crippen molar-refractivity contribution in [2.75, 3.05) is 26.8 Å². The van der Waals surface area contributed by atoms with Crippen LogP contribution >= 0.6 is 0 Å². The van der Waals surface area contributed by atoms with Gasteiger partial charge in [-0.05, 0) is 24.1 Å². The zero-order chi connectivity index (χ0) is 14.4. The van der Waals surface area contributed by atoms with Crippen LogP contribution in [-0.2, 0) is 9.53 Å². The molecule has 110 valence electrons. The lowest BCUT2D eigenvalue weighted by atomic mass is 9.89. The Balaban J connectivity index is 2.07. The molecule has 1 N–H and O–H groups in total. The number of carbonyl (C=O) groups excluding carboxylic acids is 1. The normalized spacial score (nSPS) is 21.7. The van der Waals surface area contributed by atoms with Gasteiger partial charge in [0, 0.05) is 19.0 Å². The predicted octanol–water partition coefficient (Wildman–Crippen LogP) is 2.34. The standard InChI is InChI=1S/C16H23NO3/c1-3-4-8-20-13-7-5-6-12(9-13)14-10-17-11-15(14)16(18)19-2/h5-7,9,14-15,17H,3-4,8,10-11H2,1-2H3/t14-,15-/m0/s1. The van der Waals surface area contributed by atoms with Gasteiger partial charge in [-0.1, -0.05) is 25.5 Å². The fraction of sp³-hybridized carbons (Fsp3) is 0.562. The Morgan fingerprint density at radius 3 is 3.00 bits per heavy atom. The molecule has 4 nitrogen and oxygen atoms in total. The molecule has 0 saturated carbocycles. The molecule has 1 aromatic rings. The summed E-state index contributed by atoms with van der Waals surface area (Å²) in [4.78, 5) is 11.8. The topological polar surface area (TPSA) is 47.6 Å². The Hall–Kier alpha value is -1.55. The molecule has 0 spiro atoms. The summed E-state index contributed by atoms with van der Waals surface area (Å²) in [5, 5.41) is 3.27. The monoisotopic (exact) mass is 277 g/mol. The summed E-state index contributed by atoms with van der Waals surface area (Å²) < 4.78 is 10.6. The average Bonchev–Trinajstić information content (AvgIpc) is 2.96. The molecule has 0 unspecified atom stereocenters. The van der Waals surface area contributed by atoms with Crippen LogP contribution in [0.2, 0.25) is 0 Å². The minimum absolute atomic E-state index is 0.106. The van der Waals surface area contributed by atoms with Crippen LogP contribution in [0.5, 0.6) is 5.75 Å². The van der Waals surface area contributed by atoms with E-state index in [0.717, 1.165) is 37.3 Å². The molecule has 0 amide bonds. The van der Waals surface area contributed by atoms with Crippen LogP contribution in [-0.4, -0.2) is 32.8 Å². The molecule has 0 radical (unpaired) electrons. The van der Waals surface area contributed by atoms with E-state index in [-0.39, 0.29) is 17.8 Å². The molecule has 2 rings (SSSR count). The molecular weight excluding hydrogens is 254 g/mol. The number of benzene rings is 1. The molecule has 1 aliphatic heterocycles. The fourth-order valence-corrected chi connectivity index (χ4v) is 2.60. The van der Waals surface area contributed by atoms with Gasteiger partial charge in [0.15, 0.2) is 0 Å². The molecule has 1 aliphatic rings. The molecule has 0 aromatic heterocycles. The first-order chi connectivity index (χ1) is 9.76. The van der Waals surface area contributed by atoms with Crippen molar-refractivity contribution >= 4 is 5.97 Å². The summed E-state index contributed by atoms with van der Waals surface area (Å²) in [6.45, 7) is 4.37. The highest BCUT2D eigenvalue weighted by molar-refractivity contribution is 5.74. The second-order valence-electron chi connectivity index (χ2n) is 5.17. The van der Waals surface area contributed by atoms with Crippen molar-refractivity contribution in [1.82, 2.24) is 5.32 Å². The summed E-state index contributed by atoms with van der Waals surface area (Å²) in [6, 6.07) is 8.06. The second kappa shape index (κ2) is 7.29. The number of esters is 1. The van der Waals surface area contributed by atoms with Crippen LogP contribution < -0.4 is 10.1 Å². The van der Waals surface area contributed by atoms with Gasteiger partial charge in [0.25, 0.3) is 0 Å². The van der Waals surface area contributed by atoms with Gasteiger partial charge < -0.3 is 14.8 Å². The fourth-order valence-electron chi connectivity index (χ4n) is 2.60. The number of methoxy groups -OCH3 is 1. The van der Waals surface area contributed by atoms with Gasteiger partial charge in [-0.25, -0.2) is 0 Å². The molecule has 1 fully saturated rings. The summed E-state index contributed by atoms with van der Waals surface area (Å²) in [5.74, 6) is 0.798. The van der Waals surface area contributed by atoms with Crippen LogP contribution in [0.1, 0.15) is 31.2 Å². The number of rotatable bonds is 6. The van der Waals surface area contributed by atoms with E-state index in [9.17, 15) is 4.79 Å². The van der Waals surface area contributed by atoms with E-state index in [1.54, 1.807) is 0 Å². The maximum absolute atomic E-state index is 11.8. The van der Waals surface area contributed by atoms with E-state index in [2.05, 4.69) is 18.3 Å². The van der Waals surface area contributed by atoms with Crippen molar-refractivity contribution in [1.29, 1.82) is 0 Å². The number of hydrogen-bond acceptors (Lipinski definition) is 4. The lowest BCUT2D eigenvalue weighted by Gasteiger charge is -2.17. The third-order valence-corrected chi connectivity index (χ3v) is 3.77. The van der Waals surface area contributed by atoms with E-state index in [0.29, 0.717) is 6.54 Å². The first-order valence-corrected chi connectivity index (χ1v) is 7.27. The average molecular weight is 277 g/mol. The number of ether oxygens (including phenoxy) is 2. The van der Waals surface area contributed by atoms with E-state index >= 15 is 0 Å². The maximum atomic E-state index is 11.8. The smallest absolute Gasteiger partial charge is 0.310 e. The lowest BCUT2D eigenvalue weighted by molar-refractivity contribution is -0.145. The van der Waals surface area contributed by atoms with Gasteiger partial charge in [-0.2, -0.15) is 0 Å². The van der Waals surface area contributed by atoms with Gasteiger partial charge in [0.1, 0.15) is 5.75 Å². The zero-order valence-electron chi connectivity index (χ0n) is 12.2. The highest BCUT2D eigenvalue weighted by Gasteiger charge is 2.34. The van der Waals surface area contributed by atoms with Gasteiger partial charge in [-0.3, -0.25) is 4.79 Å². The number of nitrogens with one attached hydrogen (secondary N) is 1. The summed E-state index contributed by atoms with van der Waals surface area (Å²) in [5.41, 5.74) is 1.14. The Bertz CT molecular complexity index is 447. The third kappa shape index (κ3) is 3.51. The van der Waals surface area contributed by atoms with E-state index in [4.69, 9.17) is 9.47 Å². The van der Waals surface area contributed by atoms with Gasteiger partial charge in [0.2, 0.25) is 0 Å². The highest BCUT2D eigenvalue weighted by atomic mass is 16.5. The largest absolute Gasteiger partial charge is 0.494 e. The number of carbonyl (C=O) groups is 1. The molecule has 4 heteroatoms. The van der Waals surface area contributed by atoms with Crippen LogP contribution in [0.3, 0.4) is 0 Å². The molecule has 0 aliphatic carbocycles. The minimum atomic E-state index is -0.141. The van der Waals surface area contributed by atoms with Crippen molar-refractivity contribution in [2.45, 2.75) is 25.7 Å². The molecule has 0 bridgehead atoms. The SMILES string of the molecule is CCCCOc1cccc([C@@H]2CNC[C@@H]2C(=O)OC)c1. The summed E-state index contributed by atoms with van der Waals surface area (Å²) in [6.07, 6.45) is 2.18. The lowest BCUT2D eigenvalue weighted by Crippen LogP contribution is -2.22. The van der Waals surface area contributed by atoms with Crippen LogP contribution in [0.15, 0.2) is 24.3 Å². The minimum Gasteiger partial charge on any atom is -0.494 e. The molecule has 1 aromatic carbocycles. The van der Waals surface area contributed by atoms with E-state index in [1.807, 2.05) is 18.2 Å². The molecule has 2 atom stereocenters. The van der Waals surface area contributed by atoms with Crippen molar-refractivity contribution in [3.63, 3.8) is 0 Å². The quantitative estimate of drug-likeness (QED) is 0.640. The van der Waals surface area contributed by atoms with Gasteiger partial charge in [0.05, 0.1) is 19.6 Å². The van der Waals surface area contributed by atoms with Gasteiger partial charge in [-0.15, -0.1) is 0 Å². The summed E-state index contributed by atoms with van der Waals surface area (Å²) >= 11 is 0. The van der Waals surface area contributed by atoms with Crippen LogP contribution in [0.25, 0.3) is 0 Å². The highest BCUT2D eigenvalue weighted by Crippen LogP contribution is 2.31. The van der Waals surface area contributed by atoms with Crippen LogP contribution in [0.4, 0.5) is 0 Å². The van der Waals surface area contributed by atoms with E-state index < -0.39 is 0 Å². The zero-order valence-corrected chi connectivity index (χ0v) is 12.2. The second-order valence-corrected chi connectivity index (χ2v) is 5.17. The van der Waals surface area contributed by atoms with Crippen molar-refractivity contribution in [3.05, 3.63) is 29.8 Å². The number of unbranched alkanes of at least 4 members (excludes halogenated alkanes) is 1. The first-order valence-electron chi connectivity index (χ1n) is 7.27. The Kier molecular flexibility index (Phi) is 5.41. The Labute approximate surface area is 120 Å². The third-order valence-electron chi connectivity index (χ3n) is 3.77. The summed E-state index contributed by atoms with van der Waals surface area (Å²) in [7, 11) is 1.45. The van der Waals surface area contributed by atoms with Crippen molar-refractivity contribution in [2.24, 2.45) is 5.92 Å². The molecule has 20 heavy (non-hydrogen) atoms. The first kappa shape index (κ1) is 14.9. The molecular formula is C16H23NO3. The number of hydrogen-bond donors (Lipinski definition) is 1.